The van der Waals surface area contributed by atoms with Gasteiger partial charge in [-0.1, -0.05) is 6.92 Å². The lowest BCUT2D eigenvalue weighted by Gasteiger charge is -2.29. The standard InChI is InChI=1S/C13H22N4O2S/c1-9-4-3-5-17(6-9)7-11-15-10(8-19-2)12(20-11)13(18)16-14/h9H,3-8,14H2,1-2H3,(H,16,18). The molecule has 6 nitrogen and oxygen atoms in total. The molecule has 0 aliphatic carbocycles. The lowest BCUT2D eigenvalue weighted by atomic mass is 10.0. The lowest BCUT2D eigenvalue weighted by Crippen LogP contribution is -2.33. The Labute approximate surface area is 123 Å². The number of aromatic nitrogens is 1. The molecule has 112 valence electrons. The second kappa shape index (κ2) is 7.12. The first kappa shape index (κ1) is 15.4. The number of hydrogen-bond donors (Lipinski definition) is 2. The van der Waals surface area contributed by atoms with Crippen LogP contribution in [0.3, 0.4) is 0 Å². The Hall–Kier alpha value is -1.02. The molecule has 2 rings (SSSR count). The Morgan fingerprint density at radius 1 is 1.65 bits per heavy atom. The van der Waals surface area contributed by atoms with Gasteiger partial charge in [-0.2, -0.15) is 0 Å². The number of piperidine rings is 1. The van der Waals surface area contributed by atoms with Crippen molar-refractivity contribution >= 4 is 17.2 Å². The molecule has 0 radical (unpaired) electrons. The zero-order valence-corrected chi connectivity index (χ0v) is 12.8. The van der Waals surface area contributed by atoms with Crippen molar-refractivity contribution in [2.75, 3.05) is 20.2 Å². The molecular weight excluding hydrogens is 276 g/mol. The number of ether oxygens (including phenoxy) is 1. The van der Waals surface area contributed by atoms with Crippen molar-refractivity contribution in [1.29, 1.82) is 0 Å². The maximum Gasteiger partial charge on any atom is 0.277 e. The highest BCUT2D eigenvalue weighted by Crippen LogP contribution is 2.23. The van der Waals surface area contributed by atoms with Gasteiger partial charge < -0.3 is 4.74 Å². The summed E-state index contributed by atoms with van der Waals surface area (Å²) in [6, 6.07) is 0. The predicted octanol–water partition coefficient (Wildman–Crippen LogP) is 1.12. The summed E-state index contributed by atoms with van der Waals surface area (Å²) in [6.45, 7) is 5.59. The Morgan fingerprint density at radius 3 is 3.10 bits per heavy atom. The van der Waals surface area contributed by atoms with Crippen LogP contribution in [0.25, 0.3) is 0 Å². The van der Waals surface area contributed by atoms with Crippen LogP contribution in [0.5, 0.6) is 0 Å². The normalized spacial score (nSPS) is 20.1. The van der Waals surface area contributed by atoms with E-state index in [0.29, 0.717) is 17.2 Å². The molecule has 1 saturated heterocycles. The molecule has 1 aliphatic heterocycles. The third-order valence-electron chi connectivity index (χ3n) is 3.46. The van der Waals surface area contributed by atoms with Gasteiger partial charge in [0, 0.05) is 13.7 Å². The van der Waals surface area contributed by atoms with Gasteiger partial charge in [-0.15, -0.1) is 11.3 Å². The molecule has 0 saturated carbocycles. The van der Waals surface area contributed by atoms with Crippen LogP contribution < -0.4 is 11.3 Å². The molecule has 1 amide bonds. The number of amides is 1. The van der Waals surface area contributed by atoms with E-state index in [4.69, 9.17) is 10.6 Å². The maximum atomic E-state index is 11.7. The van der Waals surface area contributed by atoms with E-state index in [-0.39, 0.29) is 5.91 Å². The Bertz CT molecular complexity index is 463. The van der Waals surface area contributed by atoms with Crippen molar-refractivity contribution in [3.63, 3.8) is 0 Å². The summed E-state index contributed by atoms with van der Waals surface area (Å²) in [6.07, 6.45) is 2.53. The van der Waals surface area contributed by atoms with Crippen molar-refractivity contribution in [1.82, 2.24) is 15.3 Å². The van der Waals surface area contributed by atoms with Crippen molar-refractivity contribution in [2.45, 2.75) is 32.9 Å². The van der Waals surface area contributed by atoms with E-state index in [1.165, 1.54) is 24.2 Å². The summed E-state index contributed by atoms with van der Waals surface area (Å²) in [5.74, 6) is 5.64. The number of carbonyl (C=O) groups is 1. The van der Waals surface area contributed by atoms with E-state index < -0.39 is 0 Å². The number of rotatable bonds is 5. The van der Waals surface area contributed by atoms with Gasteiger partial charge in [0.25, 0.3) is 5.91 Å². The molecule has 1 aliphatic rings. The molecule has 1 fully saturated rings. The number of carbonyl (C=O) groups excluding carboxylic acids is 1. The van der Waals surface area contributed by atoms with Crippen molar-refractivity contribution in [2.24, 2.45) is 11.8 Å². The summed E-state index contributed by atoms with van der Waals surface area (Å²) >= 11 is 1.40. The first-order valence-corrected chi connectivity index (χ1v) is 7.66. The monoisotopic (exact) mass is 298 g/mol. The van der Waals surface area contributed by atoms with Gasteiger partial charge in [0.05, 0.1) is 18.8 Å². The van der Waals surface area contributed by atoms with Gasteiger partial charge in [-0.3, -0.25) is 15.1 Å². The van der Waals surface area contributed by atoms with Gasteiger partial charge in [-0.25, -0.2) is 10.8 Å². The van der Waals surface area contributed by atoms with Crippen LogP contribution in [0.1, 0.15) is 40.1 Å². The number of nitrogens with one attached hydrogen (secondary N) is 1. The first-order chi connectivity index (χ1) is 9.63. The molecule has 2 heterocycles. The van der Waals surface area contributed by atoms with Gasteiger partial charge in [0.2, 0.25) is 0 Å². The molecule has 1 unspecified atom stereocenters. The lowest BCUT2D eigenvalue weighted by molar-refractivity contribution is 0.0952. The minimum Gasteiger partial charge on any atom is -0.378 e. The number of hydrazine groups is 1. The highest BCUT2D eigenvalue weighted by atomic mass is 32.1. The van der Waals surface area contributed by atoms with E-state index in [1.54, 1.807) is 7.11 Å². The Kier molecular flexibility index (Phi) is 5.47. The zero-order chi connectivity index (χ0) is 14.5. The zero-order valence-electron chi connectivity index (χ0n) is 12.0. The Morgan fingerprint density at radius 2 is 2.45 bits per heavy atom. The minimum atomic E-state index is -0.298. The number of methoxy groups -OCH3 is 1. The van der Waals surface area contributed by atoms with E-state index in [2.05, 4.69) is 22.2 Å². The molecular formula is C13H22N4O2S. The fourth-order valence-corrected chi connectivity index (χ4v) is 3.58. The third-order valence-corrected chi connectivity index (χ3v) is 4.54. The summed E-state index contributed by atoms with van der Waals surface area (Å²) in [5, 5.41) is 0.949. The quantitative estimate of drug-likeness (QED) is 0.484. The van der Waals surface area contributed by atoms with Crippen LogP contribution in [0.15, 0.2) is 0 Å². The molecule has 1 aromatic heterocycles. The summed E-state index contributed by atoms with van der Waals surface area (Å²) in [5.41, 5.74) is 2.83. The molecule has 1 aromatic rings. The predicted molar refractivity (Wildman–Crippen MR) is 78.2 cm³/mol. The highest BCUT2D eigenvalue weighted by Gasteiger charge is 2.21. The van der Waals surface area contributed by atoms with Gasteiger partial charge in [-0.05, 0) is 25.3 Å². The average molecular weight is 298 g/mol. The van der Waals surface area contributed by atoms with Crippen LogP contribution in [0.2, 0.25) is 0 Å². The van der Waals surface area contributed by atoms with Gasteiger partial charge in [0.1, 0.15) is 9.88 Å². The largest absolute Gasteiger partial charge is 0.378 e. The van der Waals surface area contributed by atoms with Crippen LogP contribution >= 0.6 is 11.3 Å². The molecule has 0 spiro atoms. The Balaban J connectivity index is 2.09. The van der Waals surface area contributed by atoms with Crippen molar-refractivity contribution in [3.05, 3.63) is 15.6 Å². The van der Waals surface area contributed by atoms with Gasteiger partial charge in [0.15, 0.2) is 0 Å². The number of thiazole rings is 1. The summed E-state index contributed by atoms with van der Waals surface area (Å²) < 4.78 is 5.09. The van der Waals surface area contributed by atoms with Crippen molar-refractivity contribution in [3.8, 4) is 0 Å². The van der Waals surface area contributed by atoms with E-state index in [9.17, 15) is 4.79 Å². The second-order valence-electron chi connectivity index (χ2n) is 5.27. The van der Waals surface area contributed by atoms with Crippen molar-refractivity contribution < 1.29 is 9.53 Å². The fourth-order valence-electron chi connectivity index (χ4n) is 2.57. The highest BCUT2D eigenvalue weighted by molar-refractivity contribution is 7.13. The third kappa shape index (κ3) is 3.76. The van der Waals surface area contributed by atoms with E-state index >= 15 is 0 Å². The smallest absolute Gasteiger partial charge is 0.277 e. The SMILES string of the molecule is COCc1nc(CN2CCCC(C)C2)sc1C(=O)NN. The van der Waals surface area contributed by atoms with Crippen LogP contribution in [0.4, 0.5) is 0 Å². The molecule has 20 heavy (non-hydrogen) atoms. The maximum absolute atomic E-state index is 11.7. The van der Waals surface area contributed by atoms with E-state index in [1.807, 2.05) is 0 Å². The summed E-state index contributed by atoms with van der Waals surface area (Å²) in [7, 11) is 1.59. The molecule has 1 atom stereocenters. The average Bonchev–Trinajstić information content (AvgIpc) is 2.81. The first-order valence-electron chi connectivity index (χ1n) is 6.84. The number of nitrogens with zero attached hydrogens (tertiary/aromatic N) is 2. The topological polar surface area (TPSA) is 80.5 Å². The van der Waals surface area contributed by atoms with E-state index in [0.717, 1.165) is 30.6 Å². The van der Waals surface area contributed by atoms with Crippen LogP contribution in [-0.4, -0.2) is 36.0 Å². The number of likely N-dealkylation sites (tertiary alicyclic amines) is 1. The van der Waals surface area contributed by atoms with Crippen LogP contribution in [0, 0.1) is 5.92 Å². The fraction of sp³-hybridized carbons (Fsp3) is 0.692. The molecule has 7 heteroatoms. The van der Waals surface area contributed by atoms with Crippen LogP contribution in [-0.2, 0) is 17.9 Å². The minimum absolute atomic E-state index is 0.298. The second-order valence-corrected chi connectivity index (χ2v) is 6.36. The molecule has 3 N–H and O–H groups in total. The van der Waals surface area contributed by atoms with Gasteiger partial charge >= 0.3 is 0 Å². The molecule has 0 aromatic carbocycles. The number of nitrogens with two attached hydrogens (primary N) is 1. The number of nitrogen functional groups attached to an aromatic ring is 1. The number of hydrogen-bond acceptors (Lipinski definition) is 6. The molecule has 0 bridgehead atoms. The summed E-state index contributed by atoms with van der Waals surface area (Å²) in [4.78, 5) is 19.2.